The normalized spacial score (nSPS) is 11.0. The van der Waals surface area contributed by atoms with Crippen LogP contribution in [0.2, 0.25) is 0 Å². The standard InChI is InChI=1S/C18H16N4O3/c1-23-14-8-11(9-15(24-2)16(14)25-3)17-20-21-18-12-6-4-5-7-13(12)19-10-22(17)18/h4-10H,1-3H3. The van der Waals surface area contributed by atoms with Crippen molar-refractivity contribution in [3.63, 3.8) is 0 Å². The highest BCUT2D eigenvalue weighted by atomic mass is 16.5. The number of methoxy groups -OCH3 is 3. The van der Waals surface area contributed by atoms with Gasteiger partial charge in [0, 0.05) is 10.9 Å². The third-order valence-corrected chi connectivity index (χ3v) is 4.08. The summed E-state index contributed by atoms with van der Waals surface area (Å²) in [6.07, 6.45) is 1.72. The van der Waals surface area contributed by atoms with E-state index >= 15 is 0 Å². The summed E-state index contributed by atoms with van der Waals surface area (Å²) in [5.74, 6) is 2.29. The molecule has 4 aromatic rings. The molecule has 7 heteroatoms. The first-order valence-corrected chi connectivity index (χ1v) is 7.65. The van der Waals surface area contributed by atoms with Crippen LogP contribution in [0.5, 0.6) is 17.2 Å². The molecule has 0 radical (unpaired) electrons. The fraction of sp³-hybridized carbons (Fsp3) is 0.167. The molecule has 2 heterocycles. The lowest BCUT2D eigenvalue weighted by Gasteiger charge is -2.13. The van der Waals surface area contributed by atoms with Crippen LogP contribution in [0.3, 0.4) is 0 Å². The van der Waals surface area contributed by atoms with Crippen molar-refractivity contribution >= 4 is 16.6 Å². The van der Waals surface area contributed by atoms with Gasteiger partial charge in [-0.2, -0.15) is 0 Å². The molecule has 7 nitrogen and oxygen atoms in total. The molecule has 0 unspecified atom stereocenters. The predicted molar refractivity (Wildman–Crippen MR) is 93.4 cm³/mol. The predicted octanol–water partition coefficient (Wildman–Crippen LogP) is 2.97. The van der Waals surface area contributed by atoms with Gasteiger partial charge in [0.05, 0.1) is 26.8 Å². The minimum absolute atomic E-state index is 0.533. The smallest absolute Gasteiger partial charge is 0.203 e. The van der Waals surface area contributed by atoms with Gasteiger partial charge in [-0.05, 0) is 24.3 Å². The van der Waals surface area contributed by atoms with Crippen molar-refractivity contribution < 1.29 is 14.2 Å². The Morgan fingerprint density at radius 2 is 1.60 bits per heavy atom. The van der Waals surface area contributed by atoms with Crippen molar-refractivity contribution in [3.8, 4) is 28.6 Å². The second-order valence-corrected chi connectivity index (χ2v) is 5.39. The highest BCUT2D eigenvalue weighted by molar-refractivity contribution is 5.91. The van der Waals surface area contributed by atoms with Crippen molar-refractivity contribution in [1.82, 2.24) is 19.6 Å². The zero-order chi connectivity index (χ0) is 17.4. The van der Waals surface area contributed by atoms with E-state index in [0.29, 0.717) is 23.1 Å². The van der Waals surface area contributed by atoms with E-state index in [1.165, 1.54) is 0 Å². The van der Waals surface area contributed by atoms with Crippen LogP contribution in [0.4, 0.5) is 0 Å². The molecule has 0 atom stereocenters. The Balaban J connectivity index is 1.97. The fourth-order valence-electron chi connectivity index (χ4n) is 2.89. The second kappa shape index (κ2) is 5.94. The Hall–Kier alpha value is -3.35. The van der Waals surface area contributed by atoms with E-state index in [2.05, 4.69) is 15.2 Å². The lowest BCUT2D eigenvalue weighted by Crippen LogP contribution is -1.97. The van der Waals surface area contributed by atoms with Crippen LogP contribution in [0.25, 0.3) is 27.9 Å². The minimum atomic E-state index is 0.533. The zero-order valence-electron chi connectivity index (χ0n) is 14.1. The lowest BCUT2D eigenvalue weighted by atomic mass is 10.1. The summed E-state index contributed by atoms with van der Waals surface area (Å²) >= 11 is 0. The van der Waals surface area contributed by atoms with Crippen molar-refractivity contribution in [2.75, 3.05) is 21.3 Å². The van der Waals surface area contributed by atoms with Crippen LogP contribution in [0.1, 0.15) is 0 Å². The summed E-state index contributed by atoms with van der Waals surface area (Å²) in [5, 5.41) is 9.62. The van der Waals surface area contributed by atoms with Crippen LogP contribution in [0, 0.1) is 0 Å². The summed E-state index contributed by atoms with van der Waals surface area (Å²) in [4.78, 5) is 4.48. The number of benzene rings is 2. The first-order chi connectivity index (χ1) is 12.3. The van der Waals surface area contributed by atoms with Crippen LogP contribution in [-0.2, 0) is 0 Å². The summed E-state index contributed by atoms with van der Waals surface area (Å²) in [5.41, 5.74) is 2.41. The van der Waals surface area contributed by atoms with Crippen molar-refractivity contribution in [2.24, 2.45) is 0 Å². The zero-order valence-corrected chi connectivity index (χ0v) is 14.1. The fourth-order valence-corrected chi connectivity index (χ4v) is 2.89. The van der Waals surface area contributed by atoms with Crippen molar-refractivity contribution in [1.29, 1.82) is 0 Å². The van der Waals surface area contributed by atoms with Gasteiger partial charge in [-0.3, -0.25) is 4.40 Å². The number of para-hydroxylation sites is 1. The average Bonchev–Trinajstić information content (AvgIpc) is 3.11. The van der Waals surface area contributed by atoms with Gasteiger partial charge in [-0.25, -0.2) is 4.98 Å². The SMILES string of the molecule is COc1cc(-c2nnc3c4ccccc4ncn23)cc(OC)c1OC. The maximum Gasteiger partial charge on any atom is 0.203 e. The first-order valence-electron chi connectivity index (χ1n) is 7.65. The topological polar surface area (TPSA) is 70.8 Å². The number of ether oxygens (including phenoxy) is 3. The highest BCUT2D eigenvalue weighted by Gasteiger charge is 2.18. The number of hydrogen-bond donors (Lipinski definition) is 0. The number of hydrogen-bond acceptors (Lipinski definition) is 6. The molecule has 0 aliphatic carbocycles. The summed E-state index contributed by atoms with van der Waals surface area (Å²) in [7, 11) is 4.73. The first kappa shape index (κ1) is 15.2. The molecule has 2 aromatic heterocycles. The molecular formula is C18H16N4O3. The Kier molecular flexibility index (Phi) is 3.61. The molecular weight excluding hydrogens is 320 g/mol. The van der Waals surface area contributed by atoms with E-state index in [1.54, 1.807) is 27.7 Å². The molecule has 0 spiro atoms. The summed E-state index contributed by atoms with van der Waals surface area (Å²) in [6, 6.07) is 11.5. The monoisotopic (exact) mass is 336 g/mol. The molecule has 0 saturated carbocycles. The van der Waals surface area contributed by atoms with E-state index in [4.69, 9.17) is 14.2 Å². The van der Waals surface area contributed by atoms with Crippen LogP contribution in [-0.4, -0.2) is 40.9 Å². The van der Waals surface area contributed by atoms with Gasteiger partial charge in [0.15, 0.2) is 23.0 Å². The van der Waals surface area contributed by atoms with Crippen molar-refractivity contribution in [3.05, 3.63) is 42.7 Å². The van der Waals surface area contributed by atoms with E-state index in [1.807, 2.05) is 40.8 Å². The van der Waals surface area contributed by atoms with E-state index in [0.717, 1.165) is 22.1 Å². The Labute approximate surface area is 143 Å². The molecule has 2 aromatic carbocycles. The number of rotatable bonds is 4. The molecule has 0 bridgehead atoms. The van der Waals surface area contributed by atoms with E-state index < -0.39 is 0 Å². The molecule has 126 valence electrons. The summed E-state index contributed by atoms with van der Waals surface area (Å²) in [6.45, 7) is 0. The summed E-state index contributed by atoms with van der Waals surface area (Å²) < 4.78 is 18.1. The molecule has 0 amide bonds. The third-order valence-electron chi connectivity index (χ3n) is 4.08. The Morgan fingerprint density at radius 3 is 2.28 bits per heavy atom. The van der Waals surface area contributed by atoms with Crippen molar-refractivity contribution in [2.45, 2.75) is 0 Å². The Morgan fingerprint density at radius 1 is 0.880 bits per heavy atom. The maximum absolute atomic E-state index is 5.42. The molecule has 0 fully saturated rings. The van der Waals surface area contributed by atoms with Gasteiger partial charge in [-0.1, -0.05) is 12.1 Å². The minimum Gasteiger partial charge on any atom is -0.493 e. The van der Waals surface area contributed by atoms with Gasteiger partial charge >= 0.3 is 0 Å². The highest BCUT2D eigenvalue weighted by Crippen LogP contribution is 2.40. The quantitative estimate of drug-likeness (QED) is 0.570. The largest absolute Gasteiger partial charge is 0.493 e. The van der Waals surface area contributed by atoms with Gasteiger partial charge in [0.1, 0.15) is 6.33 Å². The average molecular weight is 336 g/mol. The van der Waals surface area contributed by atoms with Gasteiger partial charge in [0.2, 0.25) is 5.75 Å². The van der Waals surface area contributed by atoms with Crippen LogP contribution in [0.15, 0.2) is 42.7 Å². The van der Waals surface area contributed by atoms with Crippen LogP contribution >= 0.6 is 0 Å². The third kappa shape index (κ3) is 2.32. The molecule has 0 saturated heterocycles. The number of nitrogens with zero attached hydrogens (tertiary/aromatic N) is 4. The molecule has 4 rings (SSSR count). The van der Waals surface area contributed by atoms with E-state index in [9.17, 15) is 0 Å². The molecule has 0 aliphatic rings. The van der Waals surface area contributed by atoms with E-state index in [-0.39, 0.29) is 0 Å². The van der Waals surface area contributed by atoms with Gasteiger partial charge in [-0.15, -0.1) is 10.2 Å². The molecule has 25 heavy (non-hydrogen) atoms. The van der Waals surface area contributed by atoms with Gasteiger partial charge in [0.25, 0.3) is 0 Å². The molecule has 0 aliphatic heterocycles. The molecule has 0 N–H and O–H groups in total. The van der Waals surface area contributed by atoms with Crippen LogP contribution < -0.4 is 14.2 Å². The second-order valence-electron chi connectivity index (χ2n) is 5.39. The Bertz CT molecular complexity index is 1050. The maximum atomic E-state index is 5.42. The number of aromatic nitrogens is 4. The lowest BCUT2D eigenvalue weighted by molar-refractivity contribution is 0.324. The number of fused-ring (bicyclic) bond motifs is 3. The van der Waals surface area contributed by atoms with Gasteiger partial charge < -0.3 is 14.2 Å².